The van der Waals surface area contributed by atoms with Gasteiger partial charge in [-0.05, 0) is 49.7 Å². The lowest BCUT2D eigenvalue weighted by Crippen LogP contribution is -2.35. The maximum atomic E-state index is 11.7. The van der Waals surface area contributed by atoms with E-state index in [9.17, 15) is 4.79 Å². The van der Waals surface area contributed by atoms with Gasteiger partial charge in [0.25, 0.3) is 5.91 Å². The van der Waals surface area contributed by atoms with Gasteiger partial charge in [0.15, 0.2) is 6.61 Å². The molecule has 0 aliphatic heterocycles. The zero-order chi connectivity index (χ0) is 16.5. The van der Waals surface area contributed by atoms with Gasteiger partial charge in [-0.3, -0.25) is 4.79 Å². The van der Waals surface area contributed by atoms with Gasteiger partial charge >= 0.3 is 0 Å². The van der Waals surface area contributed by atoms with Crippen LogP contribution in [0.4, 0.5) is 0 Å². The van der Waals surface area contributed by atoms with Crippen LogP contribution < -0.4 is 14.8 Å². The maximum absolute atomic E-state index is 11.7. The van der Waals surface area contributed by atoms with E-state index in [4.69, 9.17) is 9.47 Å². The molecule has 1 N–H and O–H groups in total. The van der Waals surface area contributed by atoms with Crippen LogP contribution in [-0.2, 0) is 4.79 Å². The minimum absolute atomic E-state index is 0.0208. The number of rotatable bonds is 8. The van der Waals surface area contributed by atoms with E-state index in [-0.39, 0.29) is 18.6 Å². The van der Waals surface area contributed by atoms with Crippen molar-refractivity contribution in [2.45, 2.75) is 32.7 Å². The molecule has 0 saturated carbocycles. The fraction of sp³-hybridized carbons (Fsp3) is 0.316. The molecule has 1 amide bonds. The standard InChI is InChI=1S/C19H23NO3/c1-3-7-15(2)20-19(21)14-22-16-10-12-18(13-11-16)23-17-8-5-4-6-9-17/h4-6,8-13,15H,3,7,14H2,1-2H3,(H,20,21). The molecule has 0 bridgehead atoms. The molecule has 122 valence electrons. The van der Waals surface area contributed by atoms with Gasteiger partial charge < -0.3 is 14.8 Å². The van der Waals surface area contributed by atoms with Crippen molar-refractivity contribution in [2.24, 2.45) is 0 Å². The van der Waals surface area contributed by atoms with Crippen molar-refractivity contribution in [1.29, 1.82) is 0 Å². The minimum atomic E-state index is -0.101. The lowest BCUT2D eigenvalue weighted by molar-refractivity contribution is -0.123. The molecule has 2 aromatic carbocycles. The number of ether oxygens (including phenoxy) is 2. The van der Waals surface area contributed by atoms with Crippen LogP contribution in [0.2, 0.25) is 0 Å². The molecular formula is C19H23NO3. The summed E-state index contributed by atoms with van der Waals surface area (Å²) in [6.07, 6.45) is 2.02. The Balaban J connectivity index is 1.80. The van der Waals surface area contributed by atoms with Gasteiger partial charge in [-0.1, -0.05) is 31.5 Å². The summed E-state index contributed by atoms with van der Waals surface area (Å²) in [6, 6.07) is 17.0. The molecule has 0 aliphatic rings. The van der Waals surface area contributed by atoms with Crippen LogP contribution in [0.5, 0.6) is 17.2 Å². The van der Waals surface area contributed by atoms with E-state index < -0.39 is 0 Å². The molecule has 0 aromatic heterocycles. The van der Waals surface area contributed by atoms with E-state index in [1.165, 1.54) is 0 Å². The highest BCUT2D eigenvalue weighted by Crippen LogP contribution is 2.23. The number of hydrogen-bond acceptors (Lipinski definition) is 3. The minimum Gasteiger partial charge on any atom is -0.484 e. The van der Waals surface area contributed by atoms with Crippen molar-refractivity contribution in [3.8, 4) is 17.2 Å². The van der Waals surface area contributed by atoms with Crippen molar-refractivity contribution in [2.75, 3.05) is 6.61 Å². The van der Waals surface area contributed by atoms with Crippen LogP contribution in [0.3, 0.4) is 0 Å². The molecule has 23 heavy (non-hydrogen) atoms. The Morgan fingerprint density at radius 1 is 1.00 bits per heavy atom. The average molecular weight is 313 g/mol. The van der Waals surface area contributed by atoms with Crippen LogP contribution in [0.1, 0.15) is 26.7 Å². The van der Waals surface area contributed by atoms with E-state index in [0.717, 1.165) is 24.3 Å². The zero-order valence-electron chi connectivity index (χ0n) is 13.6. The molecule has 2 aromatic rings. The first-order valence-corrected chi connectivity index (χ1v) is 7.92. The number of amides is 1. The van der Waals surface area contributed by atoms with Gasteiger partial charge in [-0.25, -0.2) is 0 Å². The number of carbonyl (C=O) groups excluding carboxylic acids is 1. The summed E-state index contributed by atoms with van der Waals surface area (Å²) in [5, 5.41) is 2.91. The molecule has 0 aliphatic carbocycles. The van der Waals surface area contributed by atoms with E-state index in [0.29, 0.717) is 5.75 Å². The van der Waals surface area contributed by atoms with Crippen molar-refractivity contribution in [3.05, 3.63) is 54.6 Å². The quantitative estimate of drug-likeness (QED) is 0.796. The second kappa shape index (κ2) is 8.83. The third kappa shape index (κ3) is 6.02. The van der Waals surface area contributed by atoms with Gasteiger partial charge in [-0.15, -0.1) is 0 Å². The van der Waals surface area contributed by atoms with Crippen LogP contribution in [0, 0.1) is 0 Å². The summed E-state index contributed by atoms with van der Waals surface area (Å²) in [5.74, 6) is 2.05. The molecular weight excluding hydrogens is 290 g/mol. The Morgan fingerprint density at radius 3 is 2.26 bits per heavy atom. The summed E-state index contributed by atoms with van der Waals surface area (Å²) in [4.78, 5) is 11.7. The van der Waals surface area contributed by atoms with Crippen LogP contribution in [0.25, 0.3) is 0 Å². The van der Waals surface area contributed by atoms with Crippen molar-refractivity contribution in [1.82, 2.24) is 5.32 Å². The monoisotopic (exact) mass is 313 g/mol. The molecule has 1 atom stereocenters. The van der Waals surface area contributed by atoms with E-state index >= 15 is 0 Å². The summed E-state index contributed by atoms with van der Waals surface area (Å²) in [5.41, 5.74) is 0. The average Bonchev–Trinajstić information content (AvgIpc) is 2.55. The molecule has 0 radical (unpaired) electrons. The van der Waals surface area contributed by atoms with Crippen LogP contribution >= 0.6 is 0 Å². The number of para-hydroxylation sites is 1. The molecule has 1 unspecified atom stereocenters. The van der Waals surface area contributed by atoms with E-state index in [1.54, 1.807) is 12.1 Å². The summed E-state index contributed by atoms with van der Waals surface area (Å²) in [7, 11) is 0. The first-order valence-electron chi connectivity index (χ1n) is 7.92. The summed E-state index contributed by atoms with van der Waals surface area (Å²) in [6.45, 7) is 4.11. The Bertz CT molecular complexity index is 596. The van der Waals surface area contributed by atoms with Crippen molar-refractivity contribution in [3.63, 3.8) is 0 Å². The van der Waals surface area contributed by atoms with Crippen molar-refractivity contribution < 1.29 is 14.3 Å². The third-order valence-electron chi connectivity index (χ3n) is 3.30. The SMILES string of the molecule is CCCC(C)NC(=O)COc1ccc(Oc2ccccc2)cc1. The predicted octanol–water partition coefficient (Wildman–Crippen LogP) is 4.16. The normalized spacial score (nSPS) is 11.6. The summed E-state index contributed by atoms with van der Waals surface area (Å²) >= 11 is 0. The highest BCUT2D eigenvalue weighted by atomic mass is 16.5. The molecule has 0 fully saturated rings. The van der Waals surface area contributed by atoms with Gasteiger partial charge in [0.2, 0.25) is 0 Å². The second-order valence-corrected chi connectivity index (χ2v) is 5.43. The highest BCUT2D eigenvalue weighted by Gasteiger charge is 2.07. The van der Waals surface area contributed by atoms with Gasteiger partial charge in [0.05, 0.1) is 0 Å². The number of hydrogen-bond donors (Lipinski definition) is 1. The molecule has 0 spiro atoms. The van der Waals surface area contributed by atoms with E-state index in [2.05, 4.69) is 12.2 Å². The van der Waals surface area contributed by atoms with Gasteiger partial charge in [0, 0.05) is 6.04 Å². The Morgan fingerprint density at radius 2 is 1.61 bits per heavy atom. The zero-order valence-corrected chi connectivity index (χ0v) is 13.6. The second-order valence-electron chi connectivity index (χ2n) is 5.43. The number of benzene rings is 2. The van der Waals surface area contributed by atoms with Crippen LogP contribution in [0.15, 0.2) is 54.6 Å². The van der Waals surface area contributed by atoms with Crippen LogP contribution in [-0.4, -0.2) is 18.6 Å². The maximum Gasteiger partial charge on any atom is 0.258 e. The first kappa shape index (κ1) is 16.9. The fourth-order valence-corrected chi connectivity index (χ4v) is 2.20. The van der Waals surface area contributed by atoms with E-state index in [1.807, 2.05) is 49.4 Å². The highest BCUT2D eigenvalue weighted by molar-refractivity contribution is 5.77. The molecule has 0 saturated heterocycles. The number of carbonyl (C=O) groups is 1. The molecule has 4 heteroatoms. The predicted molar refractivity (Wildman–Crippen MR) is 91.0 cm³/mol. The lowest BCUT2D eigenvalue weighted by Gasteiger charge is -2.13. The Hall–Kier alpha value is -2.49. The van der Waals surface area contributed by atoms with Gasteiger partial charge in [0.1, 0.15) is 17.2 Å². The smallest absolute Gasteiger partial charge is 0.258 e. The third-order valence-corrected chi connectivity index (χ3v) is 3.30. The molecule has 4 nitrogen and oxygen atoms in total. The Labute approximate surface area is 137 Å². The fourth-order valence-electron chi connectivity index (χ4n) is 2.20. The molecule has 0 heterocycles. The van der Waals surface area contributed by atoms with Crippen molar-refractivity contribution >= 4 is 5.91 Å². The number of nitrogens with one attached hydrogen (secondary N) is 1. The first-order chi connectivity index (χ1) is 11.2. The van der Waals surface area contributed by atoms with Gasteiger partial charge in [-0.2, -0.15) is 0 Å². The Kier molecular flexibility index (Phi) is 6.48. The lowest BCUT2D eigenvalue weighted by atomic mass is 10.2. The largest absolute Gasteiger partial charge is 0.484 e. The molecule has 2 rings (SSSR count). The topological polar surface area (TPSA) is 47.6 Å². The summed E-state index contributed by atoms with van der Waals surface area (Å²) < 4.78 is 11.2.